The third kappa shape index (κ3) is 3.03. The number of nitrogens with zero attached hydrogens (tertiary/aromatic N) is 4. The molecule has 3 heterocycles. The zero-order chi connectivity index (χ0) is 19.8. The van der Waals surface area contributed by atoms with Crippen LogP contribution in [-0.4, -0.2) is 21.7 Å². The van der Waals surface area contributed by atoms with Crippen LogP contribution < -0.4 is 4.74 Å². The molecule has 0 aliphatic heterocycles. The van der Waals surface area contributed by atoms with E-state index < -0.39 is 0 Å². The first-order chi connectivity index (χ1) is 14.3. The standard InChI is InChI=1S/C24H20N4O/c1-29-23-11-9-19-13-18(8-10-22(19)27-23)21-15-26-28-12-2-3-20(24(21)28)17-6-4-16(14-25)5-7-17/h2-3,6,8-13,15-16H,4-5,7H2,1H3. The summed E-state index contributed by atoms with van der Waals surface area (Å²) in [6.45, 7) is 0. The zero-order valence-electron chi connectivity index (χ0n) is 16.2. The highest BCUT2D eigenvalue weighted by Crippen LogP contribution is 2.36. The Bertz CT molecular complexity index is 1300. The van der Waals surface area contributed by atoms with Gasteiger partial charge in [0.2, 0.25) is 5.88 Å². The maximum atomic E-state index is 9.19. The molecule has 0 bridgehead atoms. The smallest absolute Gasteiger partial charge is 0.213 e. The molecule has 1 unspecified atom stereocenters. The minimum absolute atomic E-state index is 0.132. The van der Waals surface area contributed by atoms with E-state index in [1.54, 1.807) is 7.11 Å². The molecule has 5 rings (SSSR count). The van der Waals surface area contributed by atoms with Gasteiger partial charge in [-0.2, -0.15) is 10.4 Å². The van der Waals surface area contributed by atoms with E-state index in [2.05, 4.69) is 40.4 Å². The normalized spacial score (nSPS) is 16.6. The minimum Gasteiger partial charge on any atom is -0.481 e. The van der Waals surface area contributed by atoms with Crippen molar-refractivity contribution in [2.24, 2.45) is 5.92 Å². The summed E-state index contributed by atoms with van der Waals surface area (Å²) in [5.74, 6) is 0.747. The number of hydrogen-bond acceptors (Lipinski definition) is 4. The Balaban J connectivity index is 1.64. The summed E-state index contributed by atoms with van der Waals surface area (Å²) in [7, 11) is 1.63. The number of rotatable bonds is 3. The third-order valence-corrected chi connectivity index (χ3v) is 5.66. The SMILES string of the molecule is COc1ccc2cc(-c3cnn4cccc(C5=CCC(C#N)CC5)c34)ccc2n1. The highest BCUT2D eigenvalue weighted by atomic mass is 16.5. The van der Waals surface area contributed by atoms with Crippen molar-refractivity contribution in [3.8, 4) is 23.1 Å². The topological polar surface area (TPSA) is 63.2 Å². The number of ether oxygens (including phenoxy) is 1. The summed E-state index contributed by atoms with van der Waals surface area (Å²) in [6.07, 6.45) is 8.79. The Labute approximate surface area is 168 Å². The Morgan fingerprint density at radius 2 is 2.10 bits per heavy atom. The zero-order valence-corrected chi connectivity index (χ0v) is 16.2. The Morgan fingerprint density at radius 3 is 2.90 bits per heavy atom. The van der Waals surface area contributed by atoms with Gasteiger partial charge in [-0.15, -0.1) is 0 Å². The first kappa shape index (κ1) is 17.4. The van der Waals surface area contributed by atoms with E-state index in [-0.39, 0.29) is 5.92 Å². The molecule has 0 amide bonds. The van der Waals surface area contributed by atoms with Crippen LogP contribution in [0.3, 0.4) is 0 Å². The molecule has 0 spiro atoms. The molecule has 1 aliphatic carbocycles. The highest BCUT2D eigenvalue weighted by molar-refractivity contribution is 5.93. The van der Waals surface area contributed by atoms with Crippen LogP contribution >= 0.6 is 0 Å². The van der Waals surface area contributed by atoms with E-state index in [0.717, 1.165) is 46.8 Å². The van der Waals surface area contributed by atoms with Gasteiger partial charge < -0.3 is 4.74 Å². The van der Waals surface area contributed by atoms with Gasteiger partial charge in [0.15, 0.2) is 0 Å². The monoisotopic (exact) mass is 380 g/mol. The van der Waals surface area contributed by atoms with Crippen molar-refractivity contribution in [2.45, 2.75) is 19.3 Å². The molecule has 142 valence electrons. The van der Waals surface area contributed by atoms with Crippen molar-refractivity contribution in [3.05, 3.63) is 66.5 Å². The highest BCUT2D eigenvalue weighted by Gasteiger charge is 2.19. The minimum atomic E-state index is 0.132. The maximum absolute atomic E-state index is 9.19. The van der Waals surface area contributed by atoms with Crippen LogP contribution in [0, 0.1) is 17.2 Å². The van der Waals surface area contributed by atoms with E-state index in [1.807, 2.05) is 41.2 Å². The van der Waals surface area contributed by atoms with E-state index >= 15 is 0 Å². The molecule has 29 heavy (non-hydrogen) atoms. The molecule has 1 aliphatic rings. The van der Waals surface area contributed by atoms with Gasteiger partial charge in [0, 0.05) is 28.8 Å². The Morgan fingerprint density at radius 1 is 1.17 bits per heavy atom. The average molecular weight is 380 g/mol. The molecule has 0 saturated heterocycles. The van der Waals surface area contributed by atoms with Gasteiger partial charge in [-0.1, -0.05) is 18.2 Å². The largest absolute Gasteiger partial charge is 0.481 e. The molecule has 4 aromatic rings. The van der Waals surface area contributed by atoms with Gasteiger partial charge in [0.25, 0.3) is 0 Å². The molecule has 1 atom stereocenters. The Hall–Kier alpha value is -3.65. The van der Waals surface area contributed by atoms with Gasteiger partial charge in [0.1, 0.15) is 0 Å². The quantitative estimate of drug-likeness (QED) is 0.486. The first-order valence-corrected chi connectivity index (χ1v) is 9.77. The number of hydrogen-bond donors (Lipinski definition) is 0. The van der Waals surface area contributed by atoms with E-state index in [9.17, 15) is 5.26 Å². The van der Waals surface area contributed by atoms with Crippen molar-refractivity contribution in [1.82, 2.24) is 14.6 Å². The lowest BCUT2D eigenvalue weighted by atomic mass is 9.86. The molecule has 3 aromatic heterocycles. The molecular formula is C24H20N4O. The van der Waals surface area contributed by atoms with Crippen LogP contribution in [0.4, 0.5) is 0 Å². The number of aromatic nitrogens is 3. The van der Waals surface area contributed by atoms with Gasteiger partial charge in [0.05, 0.1) is 36.3 Å². The van der Waals surface area contributed by atoms with Crippen molar-refractivity contribution in [3.63, 3.8) is 0 Å². The fourth-order valence-electron chi connectivity index (χ4n) is 4.10. The predicted octanol–water partition coefficient (Wildman–Crippen LogP) is 5.27. The van der Waals surface area contributed by atoms with Crippen LogP contribution in [-0.2, 0) is 0 Å². The molecular weight excluding hydrogens is 360 g/mol. The lowest BCUT2D eigenvalue weighted by molar-refractivity contribution is 0.399. The molecule has 5 nitrogen and oxygen atoms in total. The summed E-state index contributed by atoms with van der Waals surface area (Å²) in [4.78, 5) is 4.51. The average Bonchev–Trinajstić information content (AvgIpc) is 3.23. The molecule has 0 fully saturated rings. The molecule has 0 saturated carbocycles. The Kier molecular flexibility index (Phi) is 4.25. The maximum Gasteiger partial charge on any atom is 0.213 e. The number of benzene rings is 1. The first-order valence-electron chi connectivity index (χ1n) is 9.77. The van der Waals surface area contributed by atoms with Crippen LogP contribution in [0.25, 0.3) is 33.1 Å². The summed E-state index contributed by atoms with van der Waals surface area (Å²) >= 11 is 0. The molecule has 1 aromatic carbocycles. The molecule has 0 radical (unpaired) electrons. The van der Waals surface area contributed by atoms with E-state index in [0.29, 0.717) is 5.88 Å². The fourth-order valence-corrected chi connectivity index (χ4v) is 4.10. The second-order valence-electron chi connectivity index (χ2n) is 7.36. The summed E-state index contributed by atoms with van der Waals surface area (Å²) < 4.78 is 7.17. The van der Waals surface area contributed by atoms with Crippen molar-refractivity contribution >= 4 is 22.0 Å². The third-order valence-electron chi connectivity index (χ3n) is 5.66. The number of nitriles is 1. The van der Waals surface area contributed by atoms with Crippen LogP contribution in [0.15, 0.2) is 60.9 Å². The van der Waals surface area contributed by atoms with Crippen molar-refractivity contribution in [1.29, 1.82) is 5.26 Å². The van der Waals surface area contributed by atoms with Crippen molar-refractivity contribution in [2.75, 3.05) is 7.11 Å². The summed E-state index contributed by atoms with van der Waals surface area (Å²) in [5, 5.41) is 14.8. The van der Waals surface area contributed by atoms with Gasteiger partial charge >= 0.3 is 0 Å². The molecule has 5 heteroatoms. The second-order valence-corrected chi connectivity index (χ2v) is 7.36. The van der Waals surface area contributed by atoms with Crippen LogP contribution in [0.1, 0.15) is 24.8 Å². The second kappa shape index (κ2) is 7.06. The summed E-state index contributed by atoms with van der Waals surface area (Å²) in [6, 6.07) is 16.8. The number of fused-ring (bicyclic) bond motifs is 2. The van der Waals surface area contributed by atoms with Gasteiger partial charge in [-0.25, -0.2) is 9.50 Å². The molecule has 0 N–H and O–H groups in total. The van der Waals surface area contributed by atoms with Gasteiger partial charge in [-0.3, -0.25) is 0 Å². The van der Waals surface area contributed by atoms with Crippen LogP contribution in [0.2, 0.25) is 0 Å². The lowest BCUT2D eigenvalue weighted by Gasteiger charge is -2.18. The number of methoxy groups -OCH3 is 1. The van der Waals surface area contributed by atoms with Crippen molar-refractivity contribution < 1.29 is 4.74 Å². The van der Waals surface area contributed by atoms with E-state index in [4.69, 9.17) is 4.74 Å². The summed E-state index contributed by atoms with van der Waals surface area (Å²) in [5.41, 5.74) is 6.72. The fraction of sp³-hybridized carbons (Fsp3) is 0.208. The predicted molar refractivity (Wildman–Crippen MR) is 113 cm³/mol. The van der Waals surface area contributed by atoms with Gasteiger partial charge in [-0.05, 0) is 54.7 Å². The number of pyridine rings is 2. The number of allylic oxidation sites excluding steroid dienone is 2. The van der Waals surface area contributed by atoms with E-state index in [1.165, 1.54) is 11.1 Å². The van der Waals surface area contributed by atoms with Crippen LogP contribution in [0.5, 0.6) is 5.88 Å². The lowest BCUT2D eigenvalue weighted by Crippen LogP contribution is -2.04.